The van der Waals surface area contributed by atoms with E-state index in [-0.39, 0.29) is 24.0 Å². The molecule has 0 spiro atoms. The predicted octanol–water partition coefficient (Wildman–Crippen LogP) is 3.29. The summed E-state index contributed by atoms with van der Waals surface area (Å²) in [6, 6.07) is 0.612. The Kier molecular flexibility index (Phi) is 12.1. The molecule has 1 rings (SSSR count). The number of guanidine groups is 1. The van der Waals surface area contributed by atoms with Crippen molar-refractivity contribution in [1.29, 1.82) is 0 Å². The van der Waals surface area contributed by atoms with Gasteiger partial charge in [-0.15, -0.1) is 24.0 Å². The summed E-state index contributed by atoms with van der Waals surface area (Å²) in [5.41, 5.74) is 2.43. The van der Waals surface area contributed by atoms with Gasteiger partial charge in [0.2, 0.25) is 0 Å². The minimum Gasteiger partial charge on any atom is -0.356 e. The number of hydrogen-bond donors (Lipinski definition) is 1. The van der Waals surface area contributed by atoms with E-state index in [1.807, 2.05) is 18.8 Å². The molecule has 0 aromatic carbocycles. The van der Waals surface area contributed by atoms with E-state index in [9.17, 15) is 0 Å². The number of aliphatic imine (C=N–C) groups is 1. The van der Waals surface area contributed by atoms with E-state index in [0.29, 0.717) is 12.0 Å². The van der Waals surface area contributed by atoms with E-state index >= 15 is 0 Å². The van der Waals surface area contributed by atoms with Crippen molar-refractivity contribution in [2.24, 2.45) is 12.0 Å². The molecular weight excluding hydrogens is 439 g/mol. The highest BCUT2D eigenvalue weighted by Gasteiger charge is 2.15. The summed E-state index contributed by atoms with van der Waals surface area (Å²) in [6.07, 6.45) is 4.46. The lowest BCUT2D eigenvalue weighted by atomic mass is 10.1. The van der Waals surface area contributed by atoms with Crippen molar-refractivity contribution in [2.45, 2.75) is 59.0 Å². The third-order valence-corrected chi connectivity index (χ3v) is 4.57. The lowest BCUT2D eigenvalue weighted by Gasteiger charge is -2.23. The Morgan fingerprint density at radius 2 is 1.88 bits per heavy atom. The minimum absolute atomic E-state index is 0. The molecule has 1 N–H and O–H groups in total. The summed E-state index contributed by atoms with van der Waals surface area (Å²) in [7, 11) is 8.10. The van der Waals surface area contributed by atoms with Crippen LogP contribution in [0, 0.1) is 0 Å². The smallest absolute Gasteiger partial charge is 0.193 e. The summed E-state index contributed by atoms with van der Waals surface area (Å²) < 4.78 is 1.90. The SMILES string of the molecule is CN=C(NCCCCN(C)C(C)C)N(C)Cc1cn(C)nc1C(C)C.I. The van der Waals surface area contributed by atoms with Gasteiger partial charge in [-0.25, -0.2) is 0 Å². The Balaban J connectivity index is 0.00000625. The molecule has 7 heteroatoms. The molecule has 152 valence electrons. The van der Waals surface area contributed by atoms with Crippen LogP contribution in [0.15, 0.2) is 11.2 Å². The second-order valence-electron chi connectivity index (χ2n) is 7.48. The van der Waals surface area contributed by atoms with Gasteiger partial charge < -0.3 is 15.1 Å². The quantitative estimate of drug-likeness (QED) is 0.256. The summed E-state index contributed by atoms with van der Waals surface area (Å²) >= 11 is 0. The van der Waals surface area contributed by atoms with Crippen LogP contribution in [0.4, 0.5) is 0 Å². The Morgan fingerprint density at radius 3 is 2.42 bits per heavy atom. The molecule has 0 aliphatic carbocycles. The largest absolute Gasteiger partial charge is 0.356 e. The maximum absolute atomic E-state index is 4.59. The van der Waals surface area contributed by atoms with Crippen LogP contribution in [0.3, 0.4) is 0 Å². The van der Waals surface area contributed by atoms with Gasteiger partial charge in [0.25, 0.3) is 0 Å². The first-order chi connectivity index (χ1) is 11.8. The molecule has 1 aromatic heterocycles. The standard InChI is InChI=1S/C19H38N6.HI/c1-15(2)18-17(14-25(8)22-18)13-24(7)19(20-5)21-11-9-10-12-23(6)16(3)4;/h14-16H,9-13H2,1-8H3,(H,20,21);1H. The van der Waals surface area contributed by atoms with Crippen molar-refractivity contribution < 1.29 is 0 Å². The summed E-state index contributed by atoms with van der Waals surface area (Å²) in [4.78, 5) is 8.98. The van der Waals surface area contributed by atoms with Crippen molar-refractivity contribution in [3.8, 4) is 0 Å². The molecule has 0 fully saturated rings. The Labute approximate surface area is 177 Å². The van der Waals surface area contributed by atoms with Crippen LogP contribution >= 0.6 is 24.0 Å². The molecule has 0 saturated heterocycles. The van der Waals surface area contributed by atoms with Gasteiger partial charge in [0.15, 0.2) is 5.96 Å². The summed E-state index contributed by atoms with van der Waals surface area (Å²) in [5, 5.41) is 8.07. The zero-order chi connectivity index (χ0) is 19.0. The molecule has 0 saturated carbocycles. The second kappa shape index (κ2) is 12.5. The molecule has 0 aliphatic rings. The number of aryl methyl sites for hydroxylation is 1. The Hall–Kier alpha value is -0.830. The van der Waals surface area contributed by atoms with E-state index in [2.05, 4.69) is 73.2 Å². The van der Waals surface area contributed by atoms with Crippen LogP contribution < -0.4 is 5.32 Å². The number of nitrogens with one attached hydrogen (secondary N) is 1. The predicted molar refractivity (Wildman–Crippen MR) is 123 cm³/mol. The van der Waals surface area contributed by atoms with Crippen molar-refractivity contribution >= 4 is 29.9 Å². The number of rotatable bonds is 9. The zero-order valence-electron chi connectivity index (χ0n) is 17.9. The van der Waals surface area contributed by atoms with Crippen LogP contribution in [0.1, 0.15) is 57.7 Å². The van der Waals surface area contributed by atoms with Crippen LogP contribution in [0.5, 0.6) is 0 Å². The van der Waals surface area contributed by atoms with E-state index in [1.165, 1.54) is 17.7 Å². The number of nitrogens with zero attached hydrogens (tertiary/aromatic N) is 5. The third kappa shape index (κ3) is 8.24. The minimum atomic E-state index is 0. The molecule has 1 heterocycles. The van der Waals surface area contributed by atoms with E-state index in [1.54, 1.807) is 0 Å². The maximum Gasteiger partial charge on any atom is 0.193 e. The molecule has 26 heavy (non-hydrogen) atoms. The second-order valence-corrected chi connectivity index (χ2v) is 7.48. The molecule has 0 aliphatic heterocycles. The van der Waals surface area contributed by atoms with Crippen LogP contribution in [-0.2, 0) is 13.6 Å². The van der Waals surface area contributed by atoms with Gasteiger partial charge in [0.1, 0.15) is 0 Å². The van der Waals surface area contributed by atoms with Crippen LogP contribution in [0.25, 0.3) is 0 Å². The topological polar surface area (TPSA) is 48.7 Å². The highest BCUT2D eigenvalue weighted by atomic mass is 127. The highest BCUT2D eigenvalue weighted by molar-refractivity contribution is 14.0. The normalized spacial score (nSPS) is 12.0. The van der Waals surface area contributed by atoms with Crippen molar-refractivity contribution in [2.75, 3.05) is 34.2 Å². The van der Waals surface area contributed by atoms with Gasteiger partial charge in [-0.1, -0.05) is 13.8 Å². The maximum atomic E-state index is 4.59. The monoisotopic (exact) mass is 478 g/mol. The fraction of sp³-hybridized carbons (Fsp3) is 0.789. The van der Waals surface area contributed by atoms with Gasteiger partial charge in [-0.05, 0) is 46.2 Å². The van der Waals surface area contributed by atoms with Crippen molar-refractivity contribution in [1.82, 2.24) is 24.9 Å². The van der Waals surface area contributed by atoms with E-state index < -0.39 is 0 Å². The van der Waals surface area contributed by atoms with Crippen LogP contribution in [0.2, 0.25) is 0 Å². The lowest BCUT2D eigenvalue weighted by Crippen LogP contribution is -2.39. The number of aromatic nitrogens is 2. The Bertz CT molecular complexity index is 538. The first-order valence-electron chi connectivity index (χ1n) is 9.40. The van der Waals surface area contributed by atoms with Gasteiger partial charge >= 0.3 is 0 Å². The molecule has 0 amide bonds. The fourth-order valence-electron chi connectivity index (χ4n) is 2.82. The molecular formula is C19H39IN6. The average Bonchev–Trinajstić information content (AvgIpc) is 2.90. The number of hydrogen-bond acceptors (Lipinski definition) is 3. The molecule has 0 atom stereocenters. The molecule has 6 nitrogen and oxygen atoms in total. The number of halogens is 1. The van der Waals surface area contributed by atoms with E-state index in [0.717, 1.165) is 32.0 Å². The summed E-state index contributed by atoms with van der Waals surface area (Å²) in [5.74, 6) is 1.37. The fourth-order valence-corrected chi connectivity index (χ4v) is 2.82. The highest BCUT2D eigenvalue weighted by Crippen LogP contribution is 2.18. The van der Waals surface area contributed by atoms with Crippen molar-refractivity contribution in [3.63, 3.8) is 0 Å². The van der Waals surface area contributed by atoms with Gasteiger partial charge in [-0.2, -0.15) is 5.10 Å². The third-order valence-electron chi connectivity index (χ3n) is 4.57. The zero-order valence-corrected chi connectivity index (χ0v) is 20.2. The molecule has 0 bridgehead atoms. The number of unbranched alkanes of at least 4 members (excludes halogenated alkanes) is 1. The van der Waals surface area contributed by atoms with Gasteiger partial charge in [-0.3, -0.25) is 9.67 Å². The van der Waals surface area contributed by atoms with E-state index in [4.69, 9.17) is 0 Å². The summed E-state index contributed by atoms with van der Waals surface area (Å²) in [6.45, 7) is 11.8. The van der Waals surface area contributed by atoms with Crippen LogP contribution in [-0.4, -0.2) is 65.8 Å². The van der Waals surface area contributed by atoms with Crippen molar-refractivity contribution in [3.05, 3.63) is 17.5 Å². The van der Waals surface area contributed by atoms with Gasteiger partial charge in [0.05, 0.1) is 5.69 Å². The average molecular weight is 478 g/mol. The lowest BCUT2D eigenvalue weighted by molar-refractivity contribution is 0.268. The molecule has 0 unspecified atom stereocenters. The Morgan fingerprint density at radius 1 is 1.23 bits per heavy atom. The first-order valence-corrected chi connectivity index (χ1v) is 9.40. The first kappa shape index (κ1) is 25.2. The molecule has 1 aromatic rings. The molecule has 0 radical (unpaired) electrons. The van der Waals surface area contributed by atoms with Gasteiger partial charge in [0, 0.05) is 52.0 Å².